The molecule has 0 unspecified atom stereocenters. The molecule has 27 heavy (non-hydrogen) atoms. The summed E-state index contributed by atoms with van der Waals surface area (Å²) < 4.78 is 29.0. The van der Waals surface area contributed by atoms with Gasteiger partial charge in [-0.2, -0.15) is 0 Å². The van der Waals surface area contributed by atoms with E-state index in [1.165, 1.54) is 0 Å². The van der Waals surface area contributed by atoms with Crippen molar-refractivity contribution in [2.75, 3.05) is 50.9 Å². The molecule has 0 atom stereocenters. The summed E-state index contributed by atoms with van der Waals surface area (Å²) in [5.41, 5.74) is 0.567. The topological polar surface area (TPSA) is 87.7 Å². The van der Waals surface area contributed by atoms with Gasteiger partial charge in [0.05, 0.1) is 0 Å². The zero-order valence-electron chi connectivity index (χ0n) is 16.5. The van der Waals surface area contributed by atoms with E-state index in [-0.39, 0.29) is 12.8 Å². The van der Waals surface area contributed by atoms with Crippen LogP contribution in [0.25, 0.3) is 0 Å². The Balaban J connectivity index is 1.98. The number of hydrogen-bond donors (Lipinski definition) is 2. The van der Waals surface area contributed by atoms with Gasteiger partial charge in [-0.05, 0) is 63.3 Å². The number of piperidine rings is 1. The standard InChI is InChI=1S/C19H31N3O4S/c1-4-22(5-2)14-15-26-17-8-6-16(7-9-17)21-18(23)19(27(3,24)25)10-12-20-13-11-19/h6-9,20H,4-5,10-15H2,1-3H3,(H,21,23). The number of sulfone groups is 1. The first kappa shape index (κ1) is 21.7. The predicted molar refractivity (Wildman–Crippen MR) is 108 cm³/mol. The molecule has 152 valence electrons. The van der Waals surface area contributed by atoms with E-state index in [2.05, 4.69) is 29.4 Å². The number of amides is 1. The number of carbonyl (C=O) groups is 1. The average molecular weight is 398 g/mol. The highest BCUT2D eigenvalue weighted by Gasteiger charge is 2.48. The molecule has 2 N–H and O–H groups in total. The third-order valence-corrected chi connectivity index (χ3v) is 7.23. The number of hydrogen-bond acceptors (Lipinski definition) is 6. The Morgan fingerprint density at radius 1 is 1.19 bits per heavy atom. The van der Waals surface area contributed by atoms with Gasteiger partial charge in [-0.1, -0.05) is 13.8 Å². The zero-order valence-corrected chi connectivity index (χ0v) is 17.3. The third-order valence-electron chi connectivity index (χ3n) is 5.22. The second-order valence-electron chi connectivity index (χ2n) is 6.87. The number of anilines is 1. The Labute approximate surface area is 162 Å². The molecule has 0 aliphatic carbocycles. The van der Waals surface area contributed by atoms with Gasteiger partial charge in [0, 0.05) is 18.5 Å². The first-order valence-electron chi connectivity index (χ1n) is 9.49. The highest BCUT2D eigenvalue weighted by molar-refractivity contribution is 7.92. The number of nitrogens with zero attached hydrogens (tertiary/aromatic N) is 1. The van der Waals surface area contributed by atoms with Gasteiger partial charge >= 0.3 is 0 Å². The lowest BCUT2D eigenvalue weighted by molar-refractivity contribution is -0.119. The minimum Gasteiger partial charge on any atom is -0.492 e. The molecule has 8 heteroatoms. The summed E-state index contributed by atoms with van der Waals surface area (Å²) in [6, 6.07) is 7.05. The van der Waals surface area contributed by atoms with Gasteiger partial charge in [0.2, 0.25) is 5.91 Å². The molecule has 0 aromatic heterocycles. The molecule has 1 aliphatic heterocycles. The zero-order chi connectivity index (χ0) is 19.9. The maximum atomic E-state index is 12.8. The number of likely N-dealkylation sites (N-methyl/N-ethyl adjacent to an activating group) is 1. The van der Waals surface area contributed by atoms with E-state index in [0.29, 0.717) is 25.4 Å². The van der Waals surface area contributed by atoms with Gasteiger partial charge in [-0.3, -0.25) is 4.79 Å². The summed E-state index contributed by atoms with van der Waals surface area (Å²) in [5.74, 6) is 0.265. The first-order valence-corrected chi connectivity index (χ1v) is 11.4. The summed E-state index contributed by atoms with van der Waals surface area (Å²) in [6.45, 7) is 8.69. The van der Waals surface area contributed by atoms with Crippen molar-refractivity contribution in [1.82, 2.24) is 10.2 Å². The van der Waals surface area contributed by atoms with Crippen LogP contribution >= 0.6 is 0 Å². The average Bonchev–Trinajstić information content (AvgIpc) is 2.66. The Bertz CT molecular complexity index is 709. The fourth-order valence-corrected chi connectivity index (χ4v) is 4.64. The molecule has 2 rings (SSSR count). The van der Waals surface area contributed by atoms with Crippen molar-refractivity contribution in [3.8, 4) is 5.75 Å². The Kier molecular flexibility index (Phi) is 7.64. The molecule has 0 bridgehead atoms. The summed E-state index contributed by atoms with van der Waals surface area (Å²) in [7, 11) is -3.52. The minimum atomic E-state index is -3.52. The van der Waals surface area contributed by atoms with Gasteiger partial charge in [-0.25, -0.2) is 8.42 Å². The van der Waals surface area contributed by atoms with Crippen LogP contribution in [0.2, 0.25) is 0 Å². The van der Waals surface area contributed by atoms with E-state index in [0.717, 1.165) is 31.6 Å². The Morgan fingerprint density at radius 3 is 2.30 bits per heavy atom. The largest absolute Gasteiger partial charge is 0.492 e. The van der Waals surface area contributed by atoms with Crippen LogP contribution in [-0.4, -0.2) is 69.6 Å². The van der Waals surface area contributed by atoms with Gasteiger partial charge < -0.3 is 20.3 Å². The molecule has 7 nitrogen and oxygen atoms in total. The number of carbonyl (C=O) groups excluding carboxylic acids is 1. The van der Waals surface area contributed by atoms with Crippen LogP contribution in [0.4, 0.5) is 5.69 Å². The van der Waals surface area contributed by atoms with Crippen molar-refractivity contribution in [2.24, 2.45) is 0 Å². The van der Waals surface area contributed by atoms with E-state index in [1.54, 1.807) is 24.3 Å². The fraction of sp³-hybridized carbons (Fsp3) is 0.632. The van der Waals surface area contributed by atoms with Crippen LogP contribution < -0.4 is 15.4 Å². The van der Waals surface area contributed by atoms with Crippen molar-refractivity contribution in [2.45, 2.75) is 31.4 Å². The van der Waals surface area contributed by atoms with Crippen LogP contribution in [0, 0.1) is 0 Å². The summed E-state index contributed by atoms with van der Waals surface area (Å²) in [4.78, 5) is 15.1. The highest BCUT2D eigenvalue weighted by atomic mass is 32.2. The Morgan fingerprint density at radius 2 is 1.78 bits per heavy atom. The van der Waals surface area contributed by atoms with Crippen molar-refractivity contribution in [3.63, 3.8) is 0 Å². The second-order valence-corrected chi connectivity index (χ2v) is 9.20. The number of benzene rings is 1. The fourth-order valence-electron chi connectivity index (χ4n) is 3.31. The summed E-state index contributed by atoms with van der Waals surface area (Å²) in [6.07, 6.45) is 1.71. The monoisotopic (exact) mass is 397 g/mol. The normalized spacial score (nSPS) is 16.9. The van der Waals surface area contributed by atoms with Crippen LogP contribution in [0.5, 0.6) is 5.75 Å². The molecule has 1 aromatic carbocycles. The predicted octanol–water partition coefficient (Wildman–Crippen LogP) is 1.51. The first-order chi connectivity index (χ1) is 12.8. The number of nitrogens with one attached hydrogen (secondary N) is 2. The molecule has 0 radical (unpaired) electrons. The van der Waals surface area contributed by atoms with E-state index in [9.17, 15) is 13.2 Å². The molecule has 1 aromatic rings. The van der Waals surface area contributed by atoms with Crippen molar-refractivity contribution < 1.29 is 17.9 Å². The van der Waals surface area contributed by atoms with Crippen molar-refractivity contribution in [3.05, 3.63) is 24.3 Å². The van der Waals surface area contributed by atoms with E-state index in [4.69, 9.17) is 4.74 Å². The van der Waals surface area contributed by atoms with Crippen molar-refractivity contribution >= 4 is 21.4 Å². The van der Waals surface area contributed by atoms with E-state index in [1.807, 2.05) is 0 Å². The smallest absolute Gasteiger partial charge is 0.245 e. The second kappa shape index (κ2) is 9.52. The molecule has 1 fully saturated rings. The molecular weight excluding hydrogens is 366 g/mol. The maximum absolute atomic E-state index is 12.8. The minimum absolute atomic E-state index is 0.282. The van der Waals surface area contributed by atoms with Crippen molar-refractivity contribution in [1.29, 1.82) is 0 Å². The maximum Gasteiger partial charge on any atom is 0.245 e. The molecule has 1 aliphatic rings. The van der Waals surface area contributed by atoms with Crippen LogP contribution in [-0.2, 0) is 14.6 Å². The quantitative estimate of drug-likeness (QED) is 0.657. The van der Waals surface area contributed by atoms with Gasteiger partial charge in [0.25, 0.3) is 0 Å². The molecular formula is C19H31N3O4S. The molecule has 0 spiro atoms. The molecule has 1 heterocycles. The number of ether oxygens (including phenoxy) is 1. The lowest BCUT2D eigenvalue weighted by Gasteiger charge is -2.34. The Hall–Kier alpha value is -1.64. The SMILES string of the molecule is CCN(CC)CCOc1ccc(NC(=O)C2(S(C)(=O)=O)CCNCC2)cc1. The van der Waals surface area contributed by atoms with Gasteiger partial charge in [-0.15, -0.1) is 0 Å². The molecule has 1 amide bonds. The molecule has 1 saturated heterocycles. The number of rotatable bonds is 9. The van der Waals surface area contributed by atoms with Gasteiger partial charge in [0.15, 0.2) is 14.6 Å². The van der Waals surface area contributed by atoms with E-state index < -0.39 is 20.5 Å². The molecule has 0 saturated carbocycles. The van der Waals surface area contributed by atoms with Crippen LogP contribution in [0.15, 0.2) is 24.3 Å². The van der Waals surface area contributed by atoms with Gasteiger partial charge in [0.1, 0.15) is 12.4 Å². The lowest BCUT2D eigenvalue weighted by atomic mass is 9.95. The highest BCUT2D eigenvalue weighted by Crippen LogP contribution is 2.29. The summed E-state index contributed by atoms with van der Waals surface area (Å²) >= 11 is 0. The summed E-state index contributed by atoms with van der Waals surface area (Å²) in [5, 5.41) is 5.88. The lowest BCUT2D eigenvalue weighted by Crippen LogP contribution is -2.55. The van der Waals surface area contributed by atoms with E-state index >= 15 is 0 Å². The van der Waals surface area contributed by atoms with Crippen LogP contribution in [0.3, 0.4) is 0 Å². The van der Waals surface area contributed by atoms with Crippen LogP contribution in [0.1, 0.15) is 26.7 Å². The third kappa shape index (κ3) is 5.43.